The molecule has 7 heteroatoms. The van der Waals surface area contributed by atoms with E-state index in [1.165, 1.54) is 0 Å². The first-order valence-corrected chi connectivity index (χ1v) is 8.58. The normalized spacial score (nSPS) is 21.9. The Labute approximate surface area is 124 Å². The monoisotopic (exact) mass is 311 g/mol. The van der Waals surface area contributed by atoms with Crippen LogP contribution in [0, 0.1) is 5.92 Å². The first kappa shape index (κ1) is 13.6. The summed E-state index contributed by atoms with van der Waals surface area (Å²) in [5.74, 6) is 0.744. The van der Waals surface area contributed by atoms with Gasteiger partial charge in [-0.2, -0.15) is 0 Å². The van der Waals surface area contributed by atoms with Gasteiger partial charge in [0.1, 0.15) is 4.90 Å². The molecule has 0 atom stereocenters. The minimum Gasteiger partial charge on any atom is -0.371 e. The van der Waals surface area contributed by atoms with Gasteiger partial charge in [-0.3, -0.25) is 4.72 Å². The lowest BCUT2D eigenvalue weighted by Gasteiger charge is -2.33. The molecule has 0 aliphatic carbocycles. The van der Waals surface area contributed by atoms with E-state index in [0.717, 1.165) is 37.5 Å². The topological polar surface area (TPSA) is 61.4 Å². The van der Waals surface area contributed by atoms with Crippen LogP contribution in [-0.2, 0) is 10.0 Å². The molecular weight excluding hydrogens is 294 g/mol. The van der Waals surface area contributed by atoms with Crippen molar-refractivity contribution in [3.05, 3.63) is 18.2 Å². The molecule has 0 spiro atoms. The summed E-state index contributed by atoms with van der Waals surface area (Å²) in [6.07, 6.45) is 2.29. The SMILES string of the molecule is CC1CCN(c2ccc3c(c2)S(=O)(=O)NC(=S)N3)CC1. The molecule has 108 valence electrons. The molecule has 2 heterocycles. The molecule has 0 radical (unpaired) electrons. The Morgan fingerprint density at radius 1 is 1.30 bits per heavy atom. The van der Waals surface area contributed by atoms with Crippen LogP contribution in [0.5, 0.6) is 0 Å². The van der Waals surface area contributed by atoms with Crippen LogP contribution in [0.3, 0.4) is 0 Å². The van der Waals surface area contributed by atoms with Crippen molar-refractivity contribution in [1.29, 1.82) is 0 Å². The molecule has 1 aromatic carbocycles. The van der Waals surface area contributed by atoms with Crippen molar-refractivity contribution in [2.24, 2.45) is 5.92 Å². The lowest BCUT2D eigenvalue weighted by atomic mass is 9.99. The van der Waals surface area contributed by atoms with Gasteiger partial charge < -0.3 is 10.2 Å². The molecule has 1 saturated heterocycles. The highest BCUT2D eigenvalue weighted by Gasteiger charge is 2.27. The van der Waals surface area contributed by atoms with E-state index in [1.807, 2.05) is 6.07 Å². The maximum atomic E-state index is 12.1. The molecule has 2 aliphatic heterocycles. The van der Waals surface area contributed by atoms with Gasteiger partial charge in [-0.15, -0.1) is 0 Å². The third-order valence-corrected chi connectivity index (χ3v) is 5.60. The van der Waals surface area contributed by atoms with Crippen LogP contribution in [0.1, 0.15) is 19.8 Å². The Balaban J connectivity index is 1.95. The zero-order valence-electron chi connectivity index (χ0n) is 11.2. The van der Waals surface area contributed by atoms with Crippen LogP contribution in [0.2, 0.25) is 0 Å². The first-order chi connectivity index (χ1) is 9.45. The first-order valence-electron chi connectivity index (χ1n) is 6.68. The zero-order chi connectivity index (χ0) is 14.3. The molecule has 2 N–H and O–H groups in total. The highest BCUT2D eigenvalue weighted by atomic mass is 32.2. The van der Waals surface area contributed by atoms with Crippen LogP contribution in [0.15, 0.2) is 23.1 Å². The molecule has 2 aliphatic rings. The number of thiocarbonyl (C=S) groups is 1. The second-order valence-corrected chi connectivity index (χ2v) is 7.47. The van der Waals surface area contributed by atoms with E-state index in [4.69, 9.17) is 12.2 Å². The van der Waals surface area contributed by atoms with E-state index in [0.29, 0.717) is 5.69 Å². The van der Waals surface area contributed by atoms with Crippen molar-refractivity contribution in [2.45, 2.75) is 24.7 Å². The van der Waals surface area contributed by atoms with E-state index < -0.39 is 10.0 Å². The van der Waals surface area contributed by atoms with E-state index in [-0.39, 0.29) is 10.0 Å². The quantitative estimate of drug-likeness (QED) is 0.776. The molecule has 5 nitrogen and oxygen atoms in total. The molecule has 1 aromatic rings. The van der Waals surface area contributed by atoms with Crippen molar-refractivity contribution in [1.82, 2.24) is 4.72 Å². The van der Waals surface area contributed by atoms with E-state index in [9.17, 15) is 8.42 Å². The maximum Gasteiger partial charge on any atom is 0.265 e. The van der Waals surface area contributed by atoms with Crippen LogP contribution < -0.4 is 14.9 Å². The Hall–Kier alpha value is -1.34. The standard InChI is InChI=1S/C13H17N3O2S2/c1-9-4-6-16(7-5-9)10-2-3-11-12(8-10)20(17,18)15-13(19)14-11/h2-3,8-9H,4-7H2,1H3,(H2,14,15,19). The van der Waals surface area contributed by atoms with Gasteiger partial charge in [0.2, 0.25) is 0 Å². The maximum absolute atomic E-state index is 12.1. The fraction of sp³-hybridized carbons (Fsp3) is 0.462. The Morgan fingerprint density at radius 2 is 2.00 bits per heavy atom. The number of hydrogen-bond acceptors (Lipinski definition) is 4. The van der Waals surface area contributed by atoms with E-state index in [1.54, 1.807) is 12.1 Å². The molecule has 0 amide bonds. The van der Waals surface area contributed by atoms with Crippen molar-refractivity contribution in [3.63, 3.8) is 0 Å². The second kappa shape index (κ2) is 4.89. The third-order valence-electron chi connectivity index (χ3n) is 3.88. The van der Waals surface area contributed by atoms with Crippen LogP contribution >= 0.6 is 12.2 Å². The molecule has 0 unspecified atom stereocenters. The lowest BCUT2D eigenvalue weighted by molar-refractivity contribution is 0.438. The highest BCUT2D eigenvalue weighted by molar-refractivity contribution is 7.92. The van der Waals surface area contributed by atoms with Gasteiger partial charge in [-0.25, -0.2) is 8.42 Å². The molecular formula is C13H17N3O2S2. The highest BCUT2D eigenvalue weighted by Crippen LogP contribution is 2.31. The Bertz CT molecular complexity index is 650. The summed E-state index contributed by atoms with van der Waals surface area (Å²) >= 11 is 4.89. The fourth-order valence-electron chi connectivity index (χ4n) is 2.62. The smallest absolute Gasteiger partial charge is 0.265 e. The van der Waals surface area contributed by atoms with Gasteiger partial charge in [0.15, 0.2) is 5.11 Å². The Kier molecular flexibility index (Phi) is 3.33. The summed E-state index contributed by atoms with van der Waals surface area (Å²) in [6, 6.07) is 5.46. The molecule has 20 heavy (non-hydrogen) atoms. The average Bonchev–Trinajstić information content (AvgIpc) is 2.38. The minimum atomic E-state index is -3.54. The predicted molar refractivity (Wildman–Crippen MR) is 83.6 cm³/mol. The molecule has 0 bridgehead atoms. The number of nitrogens with zero attached hydrogens (tertiary/aromatic N) is 1. The van der Waals surface area contributed by atoms with Gasteiger partial charge in [0, 0.05) is 18.8 Å². The average molecular weight is 311 g/mol. The molecule has 0 saturated carbocycles. The van der Waals surface area contributed by atoms with Crippen LogP contribution in [0.4, 0.5) is 11.4 Å². The van der Waals surface area contributed by atoms with Crippen molar-refractivity contribution in [3.8, 4) is 0 Å². The number of piperidine rings is 1. The van der Waals surface area contributed by atoms with Gasteiger partial charge in [-0.1, -0.05) is 6.92 Å². The number of benzene rings is 1. The Morgan fingerprint density at radius 3 is 2.70 bits per heavy atom. The van der Waals surface area contributed by atoms with Gasteiger partial charge in [-0.05, 0) is 49.2 Å². The number of anilines is 2. The van der Waals surface area contributed by atoms with Crippen LogP contribution in [0.25, 0.3) is 0 Å². The van der Waals surface area contributed by atoms with E-state index >= 15 is 0 Å². The summed E-state index contributed by atoms with van der Waals surface area (Å²) in [4.78, 5) is 2.50. The zero-order valence-corrected chi connectivity index (χ0v) is 12.9. The summed E-state index contributed by atoms with van der Waals surface area (Å²) in [5.41, 5.74) is 1.50. The number of nitrogens with one attached hydrogen (secondary N) is 2. The third kappa shape index (κ3) is 2.47. The number of sulfonamides is 1. The summed E-state index contributed by atoms with van der Waals surface area (Å²) in [7, 11) is -3.54. The largest absolute Gasteiger partial charge is 0.371 e. The summed E-state index contributed by atoms with van der Waals surface area (Å²) in [6.45, 7) is 4.20. The molecule has 1 fully saturated rings. The predicted octanol–water partition coefficient (Wildman–Crippen LogP) is 1.91. The van der Waals surface area contributed by atoms with Gasteiger partial charge >= 0.3 is 0 Å². The summed E-state index contributed by atoms with van der Waals surface area (Å²) < 4.78 is 26.5. The number of hydrogen-bond donors (Lipinski definition) is 2. The number of fused-ring (bicyclic) bond motifs is 1. The van der Waals surface area contributed by atoms with Crippen molar-refractivity contribution < 1.29 is 8.42 Å². The van der Waals surface area contributed by atoms with Gasteiger partial charge in [0.05, 0.1) is 5.69 Å². The van der Waals surface area contributed by atoms with E-state index in [2.05, 4.69) is 21.9 Å². The van der Waals surface area contributed by atoms with Crippen molar-refractivity contribution in [2.75, 3.05) is 23.3 Å². The fourth-order valence-corrected chi connectivity index (χ4v) is 4.15. The van der Waals surface area contributed by atoms with Crippen LogP contribution in [-0.4, -0.2) is 26.6 Å². The van der Waals surface area contributed by atoms with Gasteiger partial charge in [0.25, 0.3) is 10.0 Å². The second-order valence-electron chi connectivity index (χ2n) is 5.41. The lowest BCUT2D eigenvalue weighted by Crippen LogP contribution is -2.39. The van der Waals surface area contributed by atoms with Crippen molar-refractivity contribution >= 4 is 38.7 Å². The summed E-state index contributed by atoms with van der Waals surface area (Å²) in [5, 5.41) is 3.00. The number of rotatable bonds is 1. The molecule has 0 aromatic heterocycles. The molecule has 3 rings (SSSR count). The minimum absolute atomic E-state index is 0.122.